The number of nitrogens with zero attached hydrogens (tertiary/aromatic N) is 2. The third kappa shape index (κ3) is 6.85. The van der Waals surface area contributed by atoms with Gasteiger partial charge in [-0.25, -0.2) is 5.26 Å². The van der Waals surface area contributed by atoms with Gasteiger partial charge in [-0.15, -0.1) is 0 Å². The smallest absolute Gasteiger partial charge is 0.0462 e. The average Bonchev–Trinajstić information content (AvgIpc) is 2.37. The molecule has 1 aliphatic rings. The highest BCUT2D eigenvalue weighted by Crippen LogP contribution is 2.19. The highest BCUT2D eigenvalue weighted by molar-refractivity contribution is 4.71. The van der Waals surface area contributed by atoms with Gasteiger partial charge in [-0.2, -0.15) is 0 Å². The minimum absolute atomic E-state index is 0.995. The lowest BCUT2D eigenvalue weighted by molar-refractivity contribution is 0.169. The van der Waals surface area contributed by atoms with Gasteiger partial charge < -0.3 is 4.90 Å². The highest BCUT2D eigenvalue weighted by atomic mass is 15.1. The molecule has 0 aliphatic carbocycles. The van der Waals surface area contributed by atoms with Crippen LogP contribution in [-0.2, 0) is 0 Å². The third-order valence-electron chi connectivity index (χ3n) is 3.51. The maximum Gasteiger partial charge on any atom is 0.0462 e. The normalized spacial score (nSPS) is 21.1. The lowest BCUT2D eigenvalue weighted by atomic mass is 9.95. The molecule has 2 heteroatoms. The zero-order valence-electron chi connectivity index (χ0n) is 11.1. The molecule has 2 nitrogen and oxygen atoms in total. The van der Waals surface area contributed by atoms with Gasteiger partial charge in [0.1, 0.15) is 0 Å². The molecule has 0 radical (unpaired) electrons. The van der Waals surface area contributed by atoms with Gasteiger partial charge in [0.15, 0.2) is 0 Å². The van der Waals surface area contributed by atoms with Crippen molar-refractivity contribution >= 4 is 0 Å². The Morgan fingerprint density at radius 3 is 2.56 bits per heavy atom. The molecule has 1 fully saturated rings. The fourth-order valence-electron chi connectivity index (χ4n) is 2.45. The number of likely N-dealkylation sites (tertiary alicyclic amines) is 1. The van der Waals surface area contributed by atoms with E-state index in [1.165, 1.54) is 64.6 Å². The molecule has 0 spiro atoms. The Labute approximate surface area is 102 Å². The molecule has 0 aromatic rings. The Bertz CT molecular complexity index is 165. The van der Waals surface area contributed by atoms with Crippen LogP contribution in [0.4, 0.5) is 0 Å². The zero-order valence-corrected chi connectivity index (χ0v) is 11.1. The maximum absolute atomic E-state index is 6.50. The largest absolute Gasteiger partial charge is 0.303 e. The molecule has 1 aliphatic heterocycles. The Kier molecular flexibility index (Phi) is 10.6. The molecule has 1 atom stereocenters. The summed E-state index contributed by atoms with van der Waals surface area (Å²) < 4.78 is 0. The number of unbranched alkanes of at least 4 members (excludes halogenated alkanes) is 3. The second-order valence-corrected chi connectivity index (χ2v) is 4.78. The van der Waals surface area contributed by atoms with Gasteiger partial charge in [0.25, 0.3) is 0 Å². The van der Waals surface area contributed by atoms with E-state index in [1.54, 1.807) is 0 Å². The summed E-state index contributed by atoms with van der Waals surface area (Å²) in [6, 6.07) is 0. The molecule has 0 aromatic carbocycles. The first-order valence-corrected chi connectivity index (χ1v) is 6.85. The summed E-state index contributed by atoms with van der Waals surface area (Å²) in [4.78, 5) is 2.69. The van der Waals surface area contributed by atoms with Gasteiger partial charge >= 0.3 is 0 Å². The van der Waals surface area contributed by atoms with Crippen LogP contribution in [0.1, 0.15) is 58.8 Å². The molecule has 0 amide bonds. The lowest BCUT2D eigenvalue weighted by Crippen LogP contribution is -2.35. The predicted molar refractivity (Wildman–Crippen MR) is 70.3 cm³/mol. The van der Waals surface area contributed by atoms with Crippen molar-refractivity contribution < 1.29 is 0 Å². The highest BCUT2D eigenvalue weighted by Gasteiger charge is 2.17. The van der Waals surface area contributed by atoms with Crippen LogP contribution in [0.25, 0.3) is 0 Å². The van der Waals surface area contributed by atoms with Crippen molar-refractivity contribution in [1.29, 1.82) is 5.26 Å². The monoisotopic (exact) mass is 224 g/mol. The second kappa shape index (κ2) is 11.0. The van der Waals surface area contributed by atoms with Crippen molar-refractivity contribution in [2.24, 2.45) is 5.92 Å². The number of piperidine rings is 1. The zero-order chi connectivity index (χ0) is 12.2. The molecule has 1 heterocycles. The third-order valence-corrected chi connectivity index (χ3v) is 3.51. The molecule has 0 N–H and O–H groups in total. The van der Waals surface area contributed by atoms with E-state index >= 15 is 0 Å². The minimum Gasteiger partial charge on any atom is -0.303 e. The van der Waals surface area contributed by atoms with Crippen LogP contribution in [0, 0.1) is 17.8 Å². The summed E-state index contributed by atoms with van der Waals surface area (Å²) in [5, 5.41) is 6.50. The predicted octanol–water partition coefficient (Wildman–Crippen LogP) is 3.83. The van der Waals surface area contributed by atoms with E-state index < -0.39 is 0 Å². The Balaban J connectivity index is 0.00000106. The van der Waals surface area contributed by atoms with Gasteiger partial charge in [0.05, 0.1) is 0 Å². The van der Waals surface area contributed by atoms with E-state index in [4.69, 9.17) is 5.26 Å². The van der Waals surface area contributed by atoms with Crippen LogP contribution in [0.3, 0.4) is 0 Å². The van der Waals surface area contributed by atoms with Gasteiger partial charge in [-0.1, -0.05) is 39.5 Å². The Morgan fingerprint density at radius 1 is 1.19 bits per heavy atom. The van der Waals surface area contributed by atoms with Crippen LogP contribution in [0.2, 0.25) is 0 Å². The molecule has 1 rings (SSSR count). The summed E-state index contributed by atoms with van der Waals surface area (Å²) >= 11 is 0. The maximum atomic E-state index is 6.50. The molecule has 16 heavy (non-hydrogen) atoms. The van der Waals surface area contributed by atoms with Gasteiger partial charge in [-0.3, -0.25) is 0 Å². The van der Waals surface area contributed by atoms with Crippen LogP contribution < -0.4 is 0 Å². The number of rotatable bonds is 6. The van der Waals surface area contributed by atoms with E-state index in [2.05, 4.69) is 25.3 Å². The fraction of sp³-hybridized carbons (Fsp3) is 0.929. The molecule has 0 saturated carbocycles. The molecule has 0 aromatic heterocycles. The Hall–Kier alpha value is -0.550. The molecule has 94 valence electrons. The first-order valence-electron chi connectivity index (χ1n) is 6.85. The van der Waals surface area contributed by atoms with Crippen molar-refractivity contribution in [3.8, 4) is 6.57 Å². The van der Waals surface area contributed by atoms with Crippen LogP contribution in [-0.4, -0.2) is 24.5 Å². The van der Waals surface area contributed by atoms with Gasteiger partial charge in [0, 0.05) is 13.1 Å². The fourth-order valence-corrected chi connectivity index (χ4v) is 2.45. The van der Waals surface area contributed by atoms with Gasteiger partial charge in [0.2, 0.25) is 0 Å². The quantitative estimate of drug-likeness (QED) is 0.641. The number of hydrogen-bond donors (Lipinski definition) is 0. The molecular weight excluding hydrogens is 196 g/mol. The topological polar surface area (TPSA) is 27.0 Å². The number of nitriles is 1. The minimum atomic E-state index is 0.995. The Morgan fingerprint density at radius 2 is 1.94 bits per heavy atom. The number of hydrogen-bond acceptors (Lipinski definition) is 2. The van der Waals surface area contributed by atoms with Crippen LogP contribution in [0.5, 0.6) is 0 Å². The van der Waals surface area contributed by atoms with E-state index in [9.17, 15) is 0 Å². The standard InChI is InChI=1S/C13H27N.CHN/c1-3-5-6-7-10-14-11-8-9-13(4-2)12-14;1-2/h13H,3-12H2,1-2H3;1H. The van der Waals surface area contributed by atoms with Crippen molar-refractivity contribution in [2.75, 3.05) is 19.6 Å². The summed E-state index contributed by atoms with van der Waals surface area (Å²) in [6.45, 7) is 12.2. The second-order valence-electron chi connectivity index (χ2n) is 4.78. The van der Waals surface area contributed by atoms with Crippen molar-refractivity contribution in [1.82, 2.24) is 4.90 Å². The van der Waals surface area contributed by atoms with Crippen molar-refractivity contribution in [3.63, 3.8) is 0 Å². The van der Waals surface area contributed by atoms with Crippen molar-refractivity contribution in [2.45, 2.75) is 58.8 Å². The van der Waals surface area contributed by atoms with E-state index in [0.29, 0.717) is 0 Å². The molecule has 1 saturated heterocycles. The average molecular weight is 224 g/mol. The first-order chi connectivity index (χ1) is 7.86. The summed E-state index contributed by atoms with van der Waals surface area (Å²) in [7, 11) is 0. The van der Waals surface area contributed by atoms with Crippen LogP contribution in [0.15, 0.2) is 0 Å². The van der Waals surface area contributed by atoms with Crippen LogP contribution >= 0.6 is 0 Å². The molecule has 0 bridgehead atoms. The SMILES string of the molecule is C#N.CCCCCCN1CCCC(CC)C1. The van der Waals surface area contributed by atoms with E-state index in [1.807, 2.05) is 0 Å². The molecular formula is C14H28N2. The summed E-state index contributed by atoms with van der Waals surface area (Å²) in [5.74, 6) is 0.995. The van der Waals surface area contributed by atoms with E-state index in [-0.39, 0.29) is 0 Å². The van der Waals surface area contributed by atoms with Gasteiger partial charge in [-0.05, 0) is 38.3 Å². The molecule has 1 unspecified atom stereocenters. The van der Waals surface area contributed by atoms with E-state index in [0.717, 1.165) is 5.92 Å². The summed E-state index contributed by atoms with van der Waals surface area (Å²) in [6.07, 6.45) is 9.93. The first kappa shape index (κ1) is 15.4. The summed E-state index contributed by atoms with van der Waals surface area (Å²) in [5.41, 5.74) is 0. The van der Waals surface area contributed by atoms with Crippen molar-refractivity contribution in [3.05, 3.63) is 0 Å². The lowest BCUT2D eigenvalue weighted by Gasteiger charge is -2.32.